The van der Waals surface area contributed by atoms with E-state index in [9.17, 15) is 9.18 Å². The fraction of sp³-hybridized carbons (Fsp3) is 0. The summed E-state index contributed by atoms with van der Waals surface area (Å²) < 4.78 is 13.3. The summed E-state index contributed by atoms with van der Waals surface area (Å²) in [4.78, 5) is 11.5. The van der Waals surface area contributed by atoms with E-state index in [4.69, 9.17) is 11.6 Å². The summed E-state index contributed by atoms with van der Waals surface area (Å²) in [5.41, 5.74) is -0.112. The molecule has 2 N–H and O–H groups in total. The van der Waals surface area contributed by atoms with Crippen LogP contribution in [0.3, 0.4) is 0 Å². The Morgan fingerprint density at radius 2 is 2.31 bits per heavy atom. The smallest absolute Gasteiger partial charge is 0.297 e. The van der Waals surface area contributed by atoms with Crippen molar-refractivity contribution >= 4 is 23.2 Å². The summed E-state index contributed by atoms with van der Waals surface area (Å²) in [5.74, 6) is -1.52. The maximum Gasteiger partial charge on any atom is 0.297 e. The first kappa shape index (κ1) is 10.5. The number of hydrogen-bond acceptors (Lipinski definition) is 4. The number of nitrogens with zero attached hydrogens (tertiary/aromatic N) is 3. The predicted molar refractivity (Wildman–Crippen MR) is 53.5 cm³/mol. The van der Waals surface area contributed by atoms with Crippen LogP contribution in [0.5, 0.6) is 0 Å². The molecule has 0 unspecified atom stereocenters. The van der Waals surface area contributed by atoms with E-state index in [0.717, 1.165) is 0 Å². The van der Waals surface area contributed by atoms with Crippen LogP contribution in [0.1, 0.15) is 10.6 Å². The van der Waals surface area contributed by atoms with Gasteiger partial charge in [-0.25, -0.2) is 4.39 Å². The molecule has 0 aliphatic carbocycles. The zero-order valence-corrected chi connectivity index (χ0v) is 8.49. The summed E-state index contributed by atoms with van der Waals surface area (Å²) in [6.45, 7) is 0. The molecular formula is C8H5ClFN5O. The van der Waals surface area contributed by atoms with Crippen LogP contribution in [-0.2, 0) is 0 Å². The number of anilines is 1. The zero-order valence-electron chi connectivity index (χ0n) is 7.74. The SMILES string of the molecule is O=C(Nc1c(F)cccc1Cl)c1nn[nH]n1. The second kappa shape index (κ2) is 4.23. The fourth-order valence-electron chi connectivity index (χ4n) is 1.04. The van der Waals surface area contributed by atoms with Crippen LogP contribution >= 0.6 is 11.6 Å². The maximum atomic E-state index is 13.3. The van der Waals surface area contributed by atoms with E-state index in [1.54, 1.807) is 0 Å². The fourth-order valence-corrected chi connectivity index (χ4v) is 1.25. The molecule has 0 atom stereocenters. The Balaban J connectivity index is 2.25. The molecule has 82 valence electrons. The zero-order chi connectivity index (χ0) is 11.5. The predicted octanol–water partition coefficient (Wildman–Crippen LogP) is 1.24. The Morgan fingerprint density at radius 3 is 2.94 bits per heavy atom. The lowest BCUT2D eigenvalue weighted by Gasteiger charge is -2.05. The molecule has 0 aliphatic heterocycles. The number of carbonyl (C=O) groups excluding carboxylic acids is 1. The van der Waals surface area contributed by atoms with Gasteiger partial charge in [-0.15, -0.1) is 10.2 Å². The summed E-state index contributed by atoms with van der Waals surface area (Å²) in [6, 6.07) is 4.07. The van der Waals surface area contributed by atoms with Crippen LogP contribution in [0.15, 0.2) is 18.2 Å². The lowest BCUT2D eigenvalue weighted by Crippen LogP contribution is -2.15. The van der Waals surface area contributed by atoms with Crippen LogP contribution in [0.4, 0.5) is 10.1 Å². The molecule has 1 aromatic carbocycles. The van der Waals surface area contributed by atoms with Gasteiger partial charge in [0.05, 0.1) is 10.7 Å². The molecule has 0 saturated heterocycles. The Kier molecular flexibility index (Phi) is 2.78. The monoisotopic (exact) mass is 241 g/mol. The molecule has 16 heavy (non-hydrogen) atoms. The van der Waals surface area contributed by atoms with Crippen molar-refractivity contribution in [2.75, 3.05) is 5.32 Å². The van der Waals surface area contributed by atoms with E-state index in [1.165, 1.54) is 18.2 Å². The first-order chi connectivity index (χ1) is 7.68. The number of halogens is 2. The normalized spacial score (nSPS) is 10.1. The summed E-state index contributed by atoms with van der Waals surface area (Å²) in [5, 5.41) is 14.6. The number of amides is 1. The Bertz CT molecular complexity index is 495. The van der Waals surface area contributed by atoms with Gasteiger partial charge < -0.3 is 5.32 Å². The van der Waals surface area contributed by atoms with Crippen LogP contribution in [0.25, 0.3) is 0 Å². The number of carbonyl (C=O) groups is 1. The molecule has 8 heteroatoms. The third-order valence-electron chi connectivity index (χ3n) is 1.75. The highest BCUT2D eigenvalue weighted by molar-refractivity contribution is 6.33. The summed E-state index contributed by atoms with van der Waals surface area (Å²) in [6.07, 6.45) is 0. The number of nitrogens with one attached hydrogen (secondary N) is 2. The van der Waals surface area contributed by atoms with Gasteiger partial charge in [-0.1, -0.05) is 17.7 Å². The lowest BCUT2D eigenvalue weighted by molar-refractivity contribution is 0.101. The van der Waals surface area contributed by atoms with Gasteiger partial charge in [0.15, 0.2) is 0 Å². The largest absolute Gasteiger partial charge is 0.315 e. The minimum atomic E-state index is -0.694. The Labute approximate surface area is 93.8 Å². The van der Waals surface area contributed by atoms with Gasteiger partial charge >= 0.3 is 0 Å². The number of para-hydroxylation sites is 1. The highest BCUT2D eigenvalue weighted by Crippen LogP contribution is 2.24. The van der Waals surface area contributed by atoms with Crippen LogP contribution < -0.4 is 5.32 Å². The van der Waals surface area contributed by atoms with E-state index in [0.29, 0.717) is 0 Å². The van der Waals surface area contributed by atoms with Gasteiger partial charge in [0, 0.05) is 0 Å². The average Bonchev–Trinajstić information content (AvgIpc) is 2.76. The molecule has 2 aromatic rings. The second-order valence-corrected chi connectivity index (χ2v) is 3.19. The molecule has 0 fully saturated rings. The van der Waals surface area contributed by atoms with Gasteiger partial charge in [-0.05, 0) is 17.3 Å². The number of aromatic amines is 1. The molecular weight excluding hydrogens is 237 g/mol. The van der Waals surface area contributed by atoms with Gasteiger partial charge in [0.1, 0.15) is 5.82 Å². The van der Waals surface area contributed by atoms with Gasteiger partial charge in [0.2, 0.25) is 0 Å². The van der Waals surface area contributed by atoms with Crippen molar-refractivity contribution in [2.24, 2.45) is 0 Å². The molecule has 0 radical (unpaired) electrons. The number of benzene rings is 1. The van der Waals surface area contributed by atoms with Crippen LogP contribution in [0, 0.1) is 5.82 Å². The highest BCUT2D eigenvalue weighted by atomic mass is 35.5. The van der Waals surface area contributed by atoms with Crippen molar-refractivity contribution in [3.05, 3.63) is 34.9 Å². The minimum Gasteiger partial charge on any atom is -0.315 e. The van der Waals surface area contributed by atoms with Gasteiger partial charge in [0.25, 0.3) is 11.7 Å². The standard InChI is InChI=1S/C8H5ClFN5O/c9-4-2-1-3-5(10)6(4)11-8(16)7-12-14-15-13-7/h1-3H,(H,11,16)(H,12,13,14,15). The topological polar surface area (TPSA) is 83.6 Å². The van der Waals surface area contributed by atoms with E-state index < -0.39 is 11.7 Å². The quantitative estimate of drug-likeness (QED) is 0.829. The van der Waals surface area contributed by atoms with E-state index in [-0.39, 0.29) is 16.5 Å². The van der Waals surface area contributed by atoms with Crippen molar-refractivity contribution in [3.63, 3.8) is 0 Å². The van der Waals surface area contributed by atoms with E-state index in [2.05, 4.69) is 25.9 Å². The van der Waals surface area contributed by atoms with Crippen molar-refractivity contribution in [1.29, 1.82) is 0 Å². The third-order valence-corrected chi connectivity index (χ3v) is 2.06. The van der Waals surface area contributed by atoms with E-state index in [1.807, 2.05) is 0 Å². The van der Waals surface area contributed by atoms with Gasteiger partial charge in [-0.3, -0.25) is 4.79 Å². The molecule has 1 amide bonds. The number of rotatable bonds is 2. The van der Waals surface area contributed by atoms with Crippen molar-refractivity contribution in [2.45, 2.75) is 0 Å². The molecule has 0 aliphatic rings. The third kappa shape index (κ3) is 1.98. The minimum absolute atomic E-state index is 0.0943. The van der Waals surface area contributed by atoms with Crippen LogP contribution in [0.2, 0.25) is 5.02 Å². The second-order valence-electron chi connectivity index (χ2n) is 2.79. The van der Waals surface area contributed by atoms with E-state index >= 15 is 0 Å². The molecule has 1 heterocycles. The number of hydrogen-bond donors (Lipinski definition) is 2. The first-order valence-corrected chi connectivity index (χ1v) is 4.55. The number of H-pyrrole nitrogens is 1. The number of aromatic nitrogens is 4. The molecule has 0 spiro atoms. The molecule has 0 saturated carbocycles. The van der Waals surface area contributed by atoms with Crippen molar-refractivity contribution < 1.29 is 9.18 Å². The summed E-state index contributed by atoms with van der Waals surface area (Å²) in [7, 11) is 0. The highest BCUT2D eigenvalue weighted by Gasteiger charge is 2.15. The Hall–Kier alpha value is -2.02. The lowest BCUT2D eigenvalue weighted by atomic mass is 10.3. The molecule has 1 aromatic heterocycles. The van der Waals surface area contributed by atoms with Crippen LogP contribution in [-0.4, -0.2) is 26.5 Å². The van der Waals surface area contributed by atoms with Crippen molar-refractivity contribution in [1.82, 2.24) is 20.6 Å². The molecule has 6 nitrogen and oxygen atoms in total. The maximum absolute atomic E-state index is 13.3. The van der Waals surface area contributed by atoms with Crippen molar-refractivity contribution in [3.8, 4) is 0 Å². The average molecular weight is 242 g/mol. The van der Waals surface area contributed by atoms with Gasteiger partial charge in [-0.2, -0.15) is 5.21 Å². The summed E-state index contributed by atoms with van der Waals surface area (Å²) >= 11 is 5.72. The molecule has 0 bridgehead atoms. The first-order valence-electron chi connectivity index (χ1n) is 4.17. The number of tetrazole rings is 1. The molecule has 2 rings (SSSR count). The Morgan fingerprint density at radius 1 is 1.50 bits per heavy atom.